The SMILES string of the molecule is CNC1CSCC1c1nc(COCC(F)(F)C(F)F)no1. The van der Waals surface area contributed by atoms with Crippen LogP contribution in [0.2, 0.25) is 0 Å². The van der Waals surface area contributed by atoms with Gasteiger partial charge < -0.3 is 14.6 Å². The summed E-state index contributed by atoms with van der Waals surface area (Å²) in [4.78, 5) is 4.07. The van der Waals surface area contributed by atoms with Gasteiger partial charge in [-0.15, -0.1) is 0 Å². The quantitative estimate of drug-likeness (QED) is 0.771. The first-order valence-electron chi connectivity index (χ1n) is 6.25. The zero-order valence-corrected chi connectivity index (χ0v) is 12.0. The lowest BCUT2D eigenvalue weighted by molar-refractivity contribution is -0.168. The van der Waals surface area contributed by atoms with Gasteiger partial charge in [-0.05, 0) is 7.05 Å². The van der Waals surface area contributed by atoms with Crippen molar-refractivity contribution in [1.29, 1.82) is 0 Å². The van der Waals surface area contributed by atoms with Crippen LogP contribution in [-0.2, 0) is 11.3 Å². The number of nitrogens with zero attached hydrogens (tertiary/aromatic N) is 2. The Morgan fingerprint density at radius 2 is 2.24 bits per heavy atom. The van der Waals surface area contributed by atoms with Crippen LogP contribution < -0.4 is 5.32 Å². The molecule has 1 saturated heterocycles. The van der Waals surface area contributed by atoms with Crippen LogP contribution in [0.25, 0.3) is 0 Å². The molecule has 1 aromatic heterocycles. The molecular formula is C11H15F4N3O2S. The summed E-state index contributed by atoms with van der Waals surface area (Å²) in [6.45, 7) is -1.77. The Hall–Kier alpha value is -0.870. The van der Waals surface area contributed by atoms with Gasteiger partial charge in [0.25, 0.3) is 0 Å². The number of thioether (sulfide) groups is 1. The summed E-state index contributed by atoms with van der Waals surface area (Å²) >= 11 is 1.74. The summed E-state index contributed by atoms with van der Waals surface area (Å²) in [6.07, 6.45) is -3.76. The van der Waals surface area contributed by atoms with E-state index in [9.17, 15) is 17.6 Å². The Morgan fingerprint density at radius 3 is 2.90 bits per heavy atom. The molecule has 0 radical (unpaired) electrons. The van der Waals surface area contributed by atoms with Crippen molar-refractivity contribution in [2.24, 2.45) is 0 Å². The van der Waals surface area contributed by atoms with Crippen LogP contribution in [0.15, 0.2) is 4.52 Å². The van der Waals surface area contributed by atoms with Gasteiger partial charge in [-0.3, -0.25) is 0 Å². The van der Waals surface area contributed by atoms with E-state index >= 15 is 0 Å². The van der Waals surface area contributed by atoms with Crippen LogP contribution in [0.5, 0.6) is 0 Å². The second-order valence-corrected chi connectivity index (χ2v) is 5.72. The van der Waals surface area contributed by atoms with Gasteiger partial charge in [-0.1, -0.05) is 5.16 Å². The van der Waals surface area contributed by atoms with Gasteiger partial charge >= 0.3 is 12.3 Å². The highest BCUT2D eigenvalue weighted by molar-refractivity contribution is 7.99. The molecule has 1 N–H and O–H groups in total. The number of aromatic nitrogens is 2. The molecule has 0 aliphatic carbocycles. The highest BCUT2D eigenvalue weighted by atomic mass is 32.2. The lowest BCUT2D eigenvalue weighted by atomic mass is 10.0. The third-order valence-electron chi connectivity index (χ3n) is 3.10. The van der Waals surface area contributed by atoms with Crippen molar-refractivity contribution >= 4 is 11.8 Å². The van der Waals surface area contributed by atoms with Crippen LogP contribution in [0, 0.1) is 0 Å². The summed E-state index contributed by atoms with van der Waals surface area (Å²) in [5, 5.41) is 6.75. The first-order chi connectivity index (χ1) is 9.94. The molecule has 0 aromatic carbocycles. The summed E-state index contributed by atoms with van der Waals surface area (Å²) in [7, 11) is 1.83. The Bertz CT molecular complexity index is 460. The smallest absolute Gasteiger partial charge is 0.330 e. The standard InChI is InChI=1S/C11H15F4N3O2S/c1-16-7-4-21-3-6(7)9-17-8(18-20-9)2-19-5-11(14,15)10(12)13/h6-7,10,16H,2-5H2,1H3. The third kappa shape index (κ3) is 4.07. The fourth-order valence-corrected chi connectivity index (χ4v) is 3.32. The molecule has 0 saturated carbocycles. The topological polar surface area (TPSA) is 60.2 Å². The number of hydrogen-bond donors (Lipinski definition) is 1. The maximum Gasteiger partial charge on any atom is 0.330 e. The number of alkyl halides is 4. The van der Waals surface area contributed by atoms with Crippen molar-refractivity contribution in [2.45, 2.75) is 30.9 Å². The minimum atomic E-state index is -4.17. The molecule has 2 rings (SSSR count). The van der Waals surface area contributed by atoms with E-state index < -0.39 is 25.6 Å². The van der Waals surface area contributed by atoms with Crippen molar-refractivity contribution in [1.82, 2.24) is 15.5 Å². The zero-order chi connectivity index (χ0) is 15.5. The lowest BCUT2D eigenvalue weighted by Crippen LogP contribution is -2.32. The minimum Gasteiger partial charge on any atom is -0.367 e. The Balaban J connectivity index is 1.86. The summed E-state index contributed by atoms with van der Waals surface area (Å²) in [5.74, 6) is -1.93. The predicted molar refractivity (Wildman–Crippen MR) is 67.8 cm³/mol. The summed E-state index contributed by atoms with van der Waals surface area (Å²) in [5.41, 5.74) is 0. The van der Waals surface area contributed by atoms with Gasteiger partial charge in [-0.25, -0.2) is 8.78 Å². The molecule has 1 aliphatic rings. The first kappa shape index (κ1) is 16.5. The molecule has 10 heteroatoms. The van der Waals surface area contributed by atoms with Gasteiger partial charge in [0, 0.05) is 17.5 Å². The molecule has 0 bridgehead atoms. The average molecular weight is 329 g/mol. The number of ether oxygens (including phenoxy) is 1. The van der Waals surface area contributed by atoms with E-state index in [1.54, 1.807) is 11.8 Å². The van der Waals surface area contributed by atoms with E-state index in [-0.39, 0.29) is 17.8 Å². The van der Waals surface area contributed by atoms with Crippen LogP contribution in [0.4, 0.5) is 17.6 Å². The van der Waals surface area contributed by atoms with Gasteiger partial charge in [0.15, 0.2) is 5.82 Å². The molecule has 2 unspecified atom stereocenters. The fourth-order valence-electron chi connectivity index (χ4n) is 1.90. The van der Waals surface area contributed by atoms with Crippen molar-refractivity contribution in [3.8, 4) is 0 Å². The van der Waals surface area contributed by atoms with Gasteiger partial charge in [0.1, 0.15) is 13.2 Å². The number of likely N-dealkylation sites (N-methyl/N-ethyl adjacent to an activating group) is 1. The summed E-state index contributed by atoms with van der Waals surface area (Å²) < 4.78 is 58.8. The Labute approximate surface area is 122 Å². The molecule has 1 aliphatic heterocycles. The molecule has 1 aromatic rings. The molecule has 1 fully saturated rings. The van der Waals surface area contributed by atoms with Crippen molar-refractivity contribution in [2.75, 3.05) is 25.2 Å². The van der Waals surface area contributed by atoms with Gasteiger partial charge in [0.05, 0.1) is 5.92 Å². The first-order valence-corrected chi connectivity index (χ1v) is 7.40. The van der Waals surface area contributed by atoms with E-state index in [0.717, 1.165) is 11.5 Å². The van der Waals surface area contributed by atoms with Crippen molar-refractivity contribution < 1.29 is 26.8 Å². The van der Waals surface area contributed by atoms with E-state index in [1.165, 1.54) is 0 Å². The third-order valence-corrected chi connectivity index (χ3v) is 4.29. The van der Waals surface area contributed by atoms with E-state index in [0.29, 0.717) is 5.89 Å². The molecule has 120 valence electrons. The van der Waals surface area contributed by atoms with E-state index in [1.807, 2.05) is 7.05 Å². The van der Waals surface area contributed by atoms with E-state index in [2.05, 4.69) is 20.2 Å². The molecule has 2 heterocycles. The monoisotopic (exact) mass is 329 g/mol. The molecule has 21 heavy (non-hydrogen) atoms. The predicted octanol–water partition coefficient (Wildman–Crippen LogP) is 1.90. The van der Waals surface area contributed by atoms with Crippen molar-refractivity contribution in [3.05, 3.63) is 11.7 Å². The minimum absolute atomic E-state index is 0.0451. The number of rotatable bonds is 7. The second kappa shape index (κ2) is 6.93. The zero-order valence-electron chi connectivity index (χ0n) is 11.2. The highest BCUT2D eigenvalue weighted by Gasteiger charge is 2.41. The molecule has 0 amide bonds. The number of nitrogens with one attached hydrogen (secondary N) is 1. The van der Waals surface area contributed by atoms with Crippen molar-refractivity contribution in [3.63, 3.8) is 0 Å². The van der Waals surface area contributed by atoms with E-state index in [4.69, 9.17) is 4.52 Å². The molecular weight excluding hydrogens is 314 g/mol. The average Bonchev–Trinajstić information content (AvgIpc) is 3.05. The normalized spacial score (nSPS) is 23.1. The van der Waals surface area contributed by atoms with Crippen LogP contribution >= 0.6 is 11.8 Å². The summed E-state index contributed by atoms with van der Waals surface area (Å²) in [6, 6.07) is 0.201. The second-order valence-electron chi connectivity index (χ2n) is 4.64. The largest absolute Gasteiger partial charge is 0.367 e. The van der Waals surface area contributed by atoms with Crippen LogP contribution in [0.3, 0.4) is 0 Å². The van der Waals surface area contributed by atoms with Crippen LogP contribution in [0.1, 0.15) is 17.6 Å². The fraction of sp³-hybridized carbons (Fsp3) is 0.818. The maximum atomic E-state index is 12.6. The lowest BCUT2D eigenvalue weighted by Gasteiger charge is -2.14. The van der Waals surface area contributed by atoms with Crippen LogP contribution in [-0.4, -0.2) is 53.7 Å². The Morgan fingerprint density at radius 1 is 1.48 bits per heavy atom. The molecule has 0 spiro atoms. The Kier molecular flexibility index (Phi) is 5.44. The number of hydrogen-bond acceptors (Lipinski definition) is 6. The molecule has 2 atom stereocenters. The van der Waals surface area contributed by atoms with Gasteiger partial charge in [-0.2, -0.15) is 25.5 Å². The maximum absolute atomic E-state index is 12.6. The highest BCUT2D eigenvalue weighted by Crippen LogP contribution is 2.31. The number of halogens is 4. The molecule has 5 nitrogen and oxygen atoms in total. The van der Waals surface area contributed by atoms with Gasteiger partial charge in [0.2, 0.25) is 5.89 Å².